The van der Waals surface area contributed by atoms with Crippen molar-refractivity contribution in [2.45, 2.75) is 32.4 Å². The van der Waals surface area contributed by atoms with Gasteiger partial charge >= 0.3 is 0 Å². The largest absolute Gasteiger partial charge is 0.325 e. The molecule has 0 aliphatic heterocycles. The van der Waals surface area contributed by atoms with E-state index in [1.807, 2.05) is 16.8 Å². The van der Waals surface area contributed by atoms with Crippen LogP contribution >= 0.6 is 0 Å². The number of aryl methyl sites for hydroxylation is 1. The summed E-state index contributed by atoms with van der Waals surface area (Å²) < 4.78 is 2.00. The molecule has 1 aliphatic rings. The Morgan fingerprint density at radius 3 is 2.76 bits per heavy atom. The Morgan fingerprint density at radius 2 is 2.12 bits per heavy atom. The molecule has 1 fully saturated rings. The first-order valence-electron chi connectivity index (χ1n) is 6.01. The summed E-state index contributed by atoms with van der Waals surface area (Å²) in [6.07, 6.45) is 2.40. The average Bonchev–Trinajstić information content (AvgIpc) is 3.10. The lowest BCUT2D eigenvalue weighted by molar-refractivity contribution is 0.583. The molecule has 3 rings (SSSR count). The fourth-order valence-electron chi connectivity index (χ4n) is 2.16. The van der Waals surface area contributed by atoms with Crippen molar-refractivity contribution < 1.29 is 0 Å². The van der Waals surface area contributed by atoms with E-state index in [4.69, 9.17) is 5.73 Å². The minimum Gasteiger partial charge on any atom is -0.325 e. The van der Waals surface area contributed by atoms with Crippen molar-refractivity contribution in [1.29, 1.82) is 0 Å². The molecule has 2 N–H and O–H groups in total. The number of rotatable bonds is 3. The molecule has 1 aromatic heterocycles. The zero-order chi connectivity index (χ0) is 11.8. The van der Waals surface area contributed by atoms with Crippen LogP contribution in [0.1, 0.15) is 30.1 Å². The molecule has 0 unspecified atom stereocenters. The van der Waals surface area contributed by atoms with Crippen molar-refractivity contribution in [1.82, 2.24) is 15.0 Å². The van der Waals surface area contributed by atoms with Crippen LogP contribution in [0.25, 0.3) is 11.3 Å². The average molecular weight is 228 g/mol. The maximum absolute atomic E-state index is 5.85. The van der Waals surface area contributed by atoms with Crippen LogP contribution in [-0.2, 0) is 6.54 Å². The van der Waals surface area contributed by atoms with Gasteiger partial charge in [0, 0.05) is 12.1 Å². The summed E-state index contributed by atoms with van der Waals surface area (Å²) in [5.41, 5.74) is 10.2. The predicted octanol–water partition coefficient (Wildman–Crippen LogP) is 2.05. The van der Waals surface area contributed by atoms with E-state index < -0.39 is 0 Å². The van der Waals surface area contributed by atoms with Gasteiger partial charge in [0.1, 0.15) is 5.69 Å². The molecule has 0 radical (unpaired) electrons. The van der Waals surface area contributed by atoms with Gasteiger partial charge in [-0.15, -0.1) is 5.10 Å². The first-order chi connectivity index (χ1) is 8.31. The molecule has 1 aromatic carbocycles. The Kier molecular flexibility index (Phi) is 2.44. The normalized spacial score (nSPS) is 15.2. The lowest BCUT2D eigenvalue weighted by Gasteiger charge is -2.06. The number of nitrogens with zero attached hydrogens (tertiary/aromatic N) is 3. The summed E-state index contributed by atoms with van der Waals surface area (Å²) in [6, 6.07) is 8.76. The molecular weight excluding hydrogens is 212 g/mol. The Hall–Kier alpha value is -1.68. The van der Waals surface area contributed by atoms with E-state index in [1.165, 1.54) is 18.4 Å². The lowest BCUT2D eigenvalue weighted by Crippen LogP contribution is -2.08. The highest BCUT2D eigenvalue weighted by Gasteiger charge is 2.28. The minimum atomic E-state index is 0.493. The van der Waals surface area contributed by atoms with Crippen molar-refractivity contribution in [2.24, 2.45) is 5.73 Å². The van der Waals surface area contributed by atoms with Crippen LogP contribution in [0.2, 0.25) is 0 Å². The lowest BCUT2D eigenvalue weighted by atomic mass is 10.0. The molecule has 17 heavy (non-hydrogen) atoms. The van der Waals surface area contributed by atoms with Crippen LogP contribution < -0.4 is 5.73 Å². The van der Waals surface area contributed by atoms with E-state index in [2.05, 4.69) is 29.4 Å². The molecule has 0 atom stereocenters. The molecular formula is C13H16N4. The van der Waals surface area contributed by atoms with Crippen LogP contribution in [0.5, 0.6) is 0 Å². The first-order valence-corrected chi connectivity index (χ1v) is 6.01. The number of benzene rings is 1. The van der Waals surface area contributed by atoms with Gasteiger partial charge in [0.2, 0.25) is 0 Å². The molecule has 4 nitrogen and oxygen atoms in total. The van der Waals surface area contributed by atoms with Crippen LogP contribution in [0.15, 0.2) is 24.3 Å². The van der Waals surface area contributed by atoms with Gasteiger partial charge < -0.3 is 5.73 Å². The molecule has 1 aliphatic carbocycles. The molecule has 88 valence electrons. The maximum atomic E-state index is 5.85. The summed E-state index contributed by atoms with van der Waals surface area (Å²) in [7, 11) is 0. The first kappa shape index (κ1) is 10.5. The van der Waals surface area contributed by atoms with Crippen molar-refractivity contribution in [2.75, 3.05) is 0 Å². The monoisotopic (exact) mass is 228 g/mol. The molecule has 1 heterocycles. The Bertz CT molecular complexity index is 540. The number of aromatic nitrogens is 3. The summed E-state index contributed by atoms with van der Waals surface area (Å²) in [5.74, 6) is 0. The molecule has 0 spiro atoms. The smallest absolute Gasteiger partial charge is 0.117 e. The number of hydrogen-bond donors (Lipinski definition) is 1. The van der Waals surface area contributed by atoms with Gasteiger partial charge in [0.05, 0.1) is 11.7 Å². The van der Waals surface area contributed by atoms with E-state index in [-0.39, 0.29) is 0 Å². The minimum absolute atomic E-state index is 0.493. The summed E-state index contributed by atoms with van der Waals surface area (Å²) in [5, 5.41) is 8.57. The molecule has 1 saturated carbocycles. The Labute approximate surface area is 100 Å². The van der Waals surface area contributed by atoms with E-state index in [1.54, 1.807) is 0 Å². The highest BCUT2D eigenvalue weighted by atomic mass is 15.5. The van der Waals surface area contributed by atoms with Gasteiger partial charge in [-0.1, -0.05) is 29.5 Å². The zero-order valence-electron chi connectivity index (χ0n) is 9.93. The van der Waals surface area contributed by atoms with E-state index in [0.29, 0.717) is 12.6 Å². The van der Waals surface area contributed by atoms with E-state index in [0.717, 1.165) is 17.0 Å². The second-order valence-electron chi connectivity index (χ2n) is 4.58. The third-order valence-electron chi connectivity index (χ3n) is 3.28. The number of hydrogen-bond acceptors (Lipinski definition) is 3. The molecule has 0 saturated heterocycles. The van der Waals surface area contributed by atoms with Crippen molar-refractivity contribution in [3.8, 4) is 11.3 Å². The van der Waals surface area contributed by atoms with Gasteiger partial charge in [0.25, 0.3) is 0 Å². The second kappa shape index (κ2) is 3.96. The van der Waals surface area contributed by atoms with Crippen LogP contribution in [0.4, 0.5) is 0 Å². The van der Waals surface area contributed by atoms with E-state index >= 15 is 0 Å². The zero-order valence-corrected chi connectivity index (χ0v) is 9.93. The highest BCUT2D eigenvalue weighted by Crippen LogP contribution is 2.37. The SMILES string of the molecule is Cc1ccccc1-c1nnn(C2CC2)c1CN. The third-order valence-corrected chi connectivity index (χ3v) is 3.28. The molecule has 0 amide bonds. The molecule has 4 heteroatoms. The number of nitrogens with two attached hydrogens (primary N) is 1. The van der Waals surface area contributed by atoms with Crippen LogP contribution in [0, 0.1) is 6.92 Å². The third kappa shape index (κ3) is 1.74. The standard InChI is InChI=1S/C13H16N4/c1-9-4-2-3-5-11(9)13-12(8-14)17(16-15-13)10-6-7-10/h2-5,10H,6-8,14H2,1H3. The van der Waals surface area contributed by atoms with Crippen LogP contribution in [0.3, 0.4) is 0 Å². The fraction of sp³-hybridized carbons (Fsp3) is 0.385. The van der Waals surface area contributed by atoms with Gasteiger partial charge in [-0.3, -0.25) is 0 Å². The van der Waals surface area contributed by atoms with E-state index in [9.17, 15) is 0 Å². The molecule has 0 bridgehead atoms. The van der Waals surface area contributed by atoms with Crippen LogP contribution in [-0.4, -0.2) is 15.0 Å². The maximum Gasteiger partial charge on any atom is 0.117 e. The Balaban J connectivity index is 2.11. The predicted molar refractivity (Wildman–Crippen MR) is 66.4 cm³/mol. The second-order valence-corrected chi connectivity index (χ2v) is 4.58. The van der Waals surface area contributed by atoms with Crippen molar-refractivity contribution >= 4 is 0 Å². The quantitative estimate of drug-likeness (QED) is 0.874. The van der Waals surface area contributed by atoms with Crippen molar-refractivity contribution in [3.05, 3.63) is 35.5 Å². The summed E-state index contributed by atoms with van der Waals surface area (Å²) in [6.45, 7) is 2.58. The fourth-order valence-corrected chi connectivity index (χ4v) is 2.16. The van der Waals surface area contributed by atoms with Crippen molar-refractivity contribution in [3.63, 3.8) is 0 Å². The van der Waals surface area contributed by atoms with Gasteiger partial charge in [-0.05, 0) is 25.3 Å². The van der Waals surface area contributed by atoms with Gasteiger partial charge in [0.15, 0.2) is 0 Å². The highest BCUT2D eigenvalue weighted by molar-refractivity contribution is 5.65. The summed E-state index contributed by atoms with van der Waals surface area (Å²) >= 11 is 0. The van der Waals surface area contributed by atoms with Gasteiger partial charge in [-0.2, -0.15) is 0 Å². The summed E-state index contributed by atoms with van der Waals surface area (Å²) in [4.78, 5) is 0. The van der Waals surface area contributed by atoms with Gasteiger partial charge in [-0.25, -0.2) is 4.68 Å². The Morgan fingerprint density at radius 1 is 1.35 bits per heavy atom. The topological polar surface area (TPSA) is 56.7 Å². The molecule has 2 aromatic rings.